The minimum Gasteiger partial charge on any atom is -0.293 e. The zero-order chi connectivity index (χ0) is 24.1. The molecule has 0 spiro atoms. The number of hydrogen-bond acceptors (Lipinski definition) is 1. The Hall–Kier alpha value is -0.0400. The van der Waals surface area contributed by atoms with Crippen LogP contribution in [0.25, 0.3) is 0 Å². The molecule has 0 aromatic carbocycles. The van der Waals surface area contributed by atoms with Gasteiger partial charge in [-0.1, -0.05) is 136 Å². The molecule has 0 aromatic rings. The Bertz CT molecular complexity index is 360. The Morgan fingerprint density at radius 3 is 1.00 bits per heavy atom. The van der Waals surface area contributed by atoms with Gasteiger partial charge in [0.25, 0.3) is 0 Å². The van der Waals surface area contributed by atoms with Crippen molar-refractivity contribution in [2.45, 2.75) is 194 Å². The number of nitrogens with zero attached hydrogens (tertiary/aromatic N) is 1. The fourth-order valence-corrected chi connectivity index (χ4v) is 5.60. The Morgan fingerprint density at radius 2 is 0.656 bits per heavy atom. The van der Waals surface area contributed by atoms with Crippen LogP contribution in [0.3, 0.4) is 0 Å². The molecule has 0 radical (unpaired) electrons. The largest absolute Gasteiger partial charge is 0.293 e. The van der Waals surface area contributed by atoms with Crippen LogP contribution < -0.4 is 0 Å². The molecule has 0 unspecified atom stereocenters. The third-order valence-electron chi connectivity index (χ3n) is 7.73. The third kappa shape index (κ3) is 16.6. The smallest absolute Gasteiger partial charge is 0.0158 e. The Kier molecular flexibility index (Phi) is 20.3. The lowest BCUT2D eigenvalue weighted by Crippen LogP contribution is -2.55. The first kappa shape index (κ1) is 32.0. The van der Waals surface area contributed by atoms with Gasteiger partial charge in [0.15, 0.2) is 0 Å². The monoisotopic (exact) mass is 452 g/mol. The Morgan fingerprint density at radius 1 is 0.375 bits per heavy atom. The SMILES string of the molecule is CCCCCCCCCCCCCN(C(C)(C)CCCCCC)C(C)(C)CCCCCC. The van der Waals surface area contributed by atoms with Gasteiger partial charge in [0.05, 0.1) is 0 Å². The molecule has 0 bridgehead atoms. The maximum Gasteiger partial charge on any atom is 0.0158 e. The minimum absolute atomic E-state index is 0.320. The van der Waals surface area contributed by atoms with Gasteiger partial charge in [-0.05, 0) is 53.5 Å². The molecular weight excluding hydrogens is 386 g/mol. The summed E-state index contributed by atoms with van der Waals surface area (Å²) in [7, 11) is 0. The van der Waals surface area contributed by atoms with Gasteiger partial charge in [-0.2, -0.15) is 0 Å². The molecule has 0 heterocycles. The van der Waals surface area contributed by atoms with Crippen LogP contribution in [-0.4, -0.2) is 22.5 Å². The molecule has 0 saturated heterocycles. The van der Waals surface area contributed by atoms with E-state index in [2.05, 4.69) is 53.4 Å². The quantitative estimate of drug-likeness (QED) is 0.132. The predicted molar refractivity (Wildman–Crippen MR) is 149 cm³/mol. The van der Waals surface area contributed by atoms with Crippen molar-refractivity contribution in [2.75, 3.05) is 6.54 Å². The van der Waals surface area contributed by atoms with Crippen LogP contribution in [-0.2, 0) is 0 Å². The Labute approximate surface area is 205 Å². The highest BCUT2D eigenvalue weighted by Crippen LogP contribution is 2.33. The molecule has 0 amide bonds. The predicted octanol–water partition coefficient (Wildman–Crippen LogP) is 11.1. The third-order valence-corrected chi connectivity index (χ3v) is 7.73. The molecule has 32 heavy (non-hydrogen) atoms. The van der Waals surface area contributed by atoms with E-state index in [1.54, 1.807) is 0 Å². The van der Waals surface area contributed by atoms with Crippen LogP contribution in [0, 0.1) is 0 Å². The van der Waals surface area contributed by atoms with Crippen molar-refractivity contribution in [3.8, 4) is 0 Å². The van der Waals surface area contributed by atoms with Crippen LogP contribution in [0.2, 0.25) is 0 Å². The fourth-order valence-electron chi connectivity index (χ4n) is 5.60. The van der Waals surface area contributed by atoms with Gasteiger partial charge in [0.2, 0.25) is 0 Å². The van der Waals surface area contributed by atoms with E-state index >= 15 is 0 Å². The summed E-state index contributed by atoms with van der Waals surface area (Å²) in [6, 6.07) is 0. The standard InChI is InChI=1S/C31H65N/c1-8-11-14-17-18-19-20-21-22-23-26-29-32(30(4,5)27-24-15-12-9-2)31(6,7)28-25-16-13-10-3/h8-29H2,1-7H3. The van der Waals surface area contributed by atoms with Crippen LogP contribution in [0.4, 0.5) is 0 Å². The van der Waals surface area contributed by atoms with E-state index in [9.17, 15) is 0 Å². The molecule has 1 heteroatoms. The number of hydrogen-bond donors (Lipinski definition) is 0. The lowest BCUT2D eigenvalue weighted by atomic mass is 9.85. The summed E-state index contributed by atoms with van der Waals surface area (Å²) in [4.78, 5) is 2.92. The zero-order valence-electron chi connectivity index (χ0n) is 24.0. The highest BCUT2D eigenvalue weighted by atomic mass is 15.2. The van der Waals surface area contributed by atoms with Crippen LogP contribution in [0.1, 0.15) is 183 Å². The summed E-state index contributed by atoms with van der Waals surface area (Å²) in [5, 5.41) is 0. The van der Waals surface area contributed by atoms with E-state index in [1.165, 1.54) is 141 Å². The number of unbranched alkanes of at least 4 members (excludes halogenated alkanes) is 16. The summed E-state index contributed by atoms with van der Waals surface area (Å²) in [6.07, 6.45) is 29.6. The van der Waals surface area contributed by atoms with Gasteiger partial charge in [-0.3, -0.25) is 4.90 Å². The second kappa shape index (κ2) is 20.3. The van der Waals surface area contributed by atoms with E-state index in [0.29, 0.717) is 11.1 Å². The molecule has 0 aliphatic rings. The van der Waals surface area contributed by atoms with Crippen molar-refractivity contribution in [2.24, 2.45) is 0 Å². The first-order valence-corrected chi connectivity index (χ1v) is 15.1. The average Bonchev–Trinajstić information content (AvgIpc) is 2.75. The average molecular weight is 452 g/mol. The summed E-state index contributed by atoms with van der Waals surface area (Å²) >= 11 is 0. The topological polar surface area (TPSA) is 3.24 Å². The summed E-state index contributed by atoms with van der Waals surface area (Å²) in [6.45, 7) is 18.4. The molecule has 0 rings (SSSR count). The van der Waals surface area contributed by atoms with Gasteiger partial charge >= 0.3 is 0 Å². The molecule has 0 aliphatic carbocycles. The van der Waals surface area contributed by atoms with Crippen LogP contribution >= 0.6 is 0 Å². The molecule has 0 saturated carbocycles. The molecule has 0 aliphatic heterocycles. The van der Waals surface area contributed by atoms with Crippen molar-refractivity contribution < 1.29 is 0 Å². The first-order chi connectivity index (χ1) is 15.3. The second-order valence-corrected chi connectivity index (χ2v) is 11.9. The molecule has 0 N–H and O–H groups in total. The van der Waals surface area contributed by atoms with E-state index in [-0.39, 0.29) is 0 Å². The highest BCUT2D eigenvalue weighted by Gasteiger charge is 2.36. The first-order valence-electron chi connectivity index (χ1n) is 15.1. The van der Waals surface area contributed by atoms with Crippen LogP contribution in [0.15, 0.2) is 0 Å². The van der Waals surface area contributed by atoms with E-state index < -0.39 is 0 Å². The second-order valence-electron chi connectivity index (χ2n) is 11.9. The van der Waals surface area contributed by atoms with Gasteiger partial charge in [0, 0.05) is 11.1 Å². The van der Waals surface area contributed by atoms with E-state index in [1.807, 2.05) is 0 Å². The minimum atomic E-state index is 0.320. The van der Waals surface area contributed by atoms with Crippen molar-refractivity contribution >= 4 is 0 Å². The van der Waals surface area contributed by atoms with E-state index in [0.717, 1.165) is 0 Å². The fraction of sp³-hybridized carbons (Fsp3) is 1.00. The van der Waals surface area contributed by atoms with Gasteiger partial charge < -0.3 is 0 Å². The lowest BCUT2D eigenvalue weighted by molar-refractivity contribution is 0.00154. The normalized spacial score (nSPS) is 12.8. The lowest BCUT2D eigenvalue weighted by Gasteiger charge is -2.49. The van der Waals surface area contributed by atoms with E-state index in [4.69, 9.17) is 0 Å². The molecule has 0 fully saturated rings. The molecule has 1 nitrogen and oxygen atoms in total. The number of rotatable bonds is 24. The summed E-state index contributed by atoms with van der Waals surface area (Å²) < 4.78 is 0. The van der Waals surface area contributed by atoms with Crippen LogP contribution in [0.5, 0.6) is 0 Å². The molecule has 0 atom stereocenters. The van der Waals surface area contributed by atoms with Gasteiger partial charge in [0.1, 0.15) is 0 Å². The van der Waals surface area contributed by atoms with Gasteiger partial charge in [-0.15, -0.1) is 0 Å². The van der Waals surface area contributed by atoms with Crippen molar-refractivity contribution in [3.63, 3.8) is 0 Å². The van der Waals surface area contributed by atoms with Crippen molar-refractivity contribution in [1.29, 1.82) is 0 Å². The highest BCUT2D eigenvalue weighted by molar-refractivity contribution is 4.92. The molecular formula is C31H65N. The molecule has 0 aromatic heterocycles. The van der Waals surface area contributed by atoms with Gasteiger partial charge in [-0.25, -0.2) is 0 Å². The maximum absolute atomic E-state index is 2.92. The van der Waals surface area contributed by atoms with Crippen molar-refractivity contribution in [1.82, 2.24) is 4.90 Å². The zero-order valence-corrected chi connectivity index (χ0v) is 24.0. The summed E-state index contributed by atoms with van der Waals surface area (Å²) in [5.74, 6) is 0. The summed E-state index contributed by atoms with van der Waals surface area (Å²) in [5.41, 5.74) is 0.640. The Balaban J connectivity index is 4.46. The maximum atomic E-state index is 2.92. The molecule has 194 valence electrons. The van der Waals surface area contributed by atoms with Crippen molar-refractivity contribution in [3.05, 3.63) is 0 Å².